The van der Waals surface area contributed by atoms with Gasteiger partial charge in [-0.2, -0.15) is 0 Å². The quantitative estimate of drug-likeness (QED) is 0.274. The van der Waals surface area contributed by atoms with E-state index in [4.69, 9.17) is 9.16 Å². The van der Waals surface area contributed by atoms with Crippen molar-refractivity contribution >= 4 is 20.1 Å². The summed E-state index contributed by atoms with van der Waals surface area (Å²) in [6.07, 6.45) is 9.28. The van der Waals surface area contributed by atoms with Gasteiger partial charge in [0.2, 0.25) is 0 Å². The smallest absolute Gasteiger partial charge is 0.311 e. The number of ketones is 1. The number of carbonyl (C=O) groups excluding carboxylic acids is 2. The fourth-order valence-corrected chi connectivity index (χ4v) is 9.65. The van der Waals surface area contributed by atoms with Gasteiger partial charge in [0.1, 0.15) is 11.9 Å². The van der Waals surface area contributed by atoms with Crippen LogP contribution in [0.2, 0.25) is 18.1 Å². The minimum Gasteiger partial charge on any atom is -0.461 e. The van der Waals surface area contributed by atoms with Crippen molar-refractivity contribution in [2.24, 2.45) is 39.9 Å². The SMILES string of the molecule is CCC(C)(C)C(=O)O[C@H]1C[C@H]2[C@@H](CC[C@@H]3C[C@H](O[Si](C)(C)C(C)(C)C)CC[C@@]32C)[C@@H]2CCC(=O)[C@@]12C. The van der Waals surface area contributed by atoms with Crippen molar-refractivity contribution in [3.8, 4) is 0 Å². The third-order valence-electron chi connectivity index (χ3n) is 12.4. The van der Waals surface area contributed by atoms with Crippen LogP contribution in [-0.4, -0.2) is 32.3 Å². The second kappa shape index (κ2) is 9.21. The molecule has 8 atom stereocenters. The van der Waals surface area contributed by atoms with E-state index in [0.717, 1.165) is 25.7 Å². The molecule has 0 aromatic rings. The number of carbonyl (C=O) groups is 2. The van der Waals surface area contributed by atoms with Crippen LogP contribution in [-0.2, 0) is 18.8 Å². The zero-order chi connectivity index (χ0) is 26.9. The molecule has 0 heterocycles. The first-order valence-corrected chi connectivity index (χ1v) is 17.8. The average Bonchev–Trinajstić information content (AvgIpc) is 3.09. The largest absolute Gasteiger partial charge is 0.461 e. The van der Waals surface area contributed by atoms with Crippen LogP contribution in [0, 0.1) is 39.9 Å². The summed E-state index contributed by atoms with van der Waals surface area (Å²) in [5.74, 6) is 2.32. The summed E-state index contributed by atoms with van der Waals surface area (Å²) in [6.45, 7) is 22.4. The lowest BCUT2D eigenvalue weighted by molar-refractivity contribution is -0.195. The Hall–Kier alpha value is -0.683. The van der Waals surface area contributed by atoms with Crippen LogP contribution in [0.25, 0.3) is 0 Å². The molecule has 4 nitrogen and oxygen atoms in total. The van der Waals surface area contributed by atoms with Gasteiger partial charge in [0, 0.05) is 12.5 Å². The highest BCUT2D eigenvalue weighted by Gasteiger charge is 2.65. The zero-order valence-corrected chi connectivity index (χ0v) is 26.0. The summed E-state index contributed by atoms with van der Waals surface area (Å²) in [4.78, 5) is 26.6. The first kappa shape index (κ1) is 28.3. The highest BCUT2D eigenvalue weighted by Crippen LogP contribution is 2.66. The Kier molecular flexibility index (Phi) is 7.25. The fourth-order valence-electron chi connectivity index (χ4n) is 8.24. The predicted molar refractivity (Wildman–Crippen MR) is 148 cm³/mol. The van der Waals surface area contributed by atoms with Crippen LogP contribution in [0.1, 0.15) is 113 Å². The maximum Gasteiger partial charge on any atom is 0.311 e. The lowest BCUT2D eigenvalue weighted by atomic mass is 9.44. The molecular weight excluding hydrogens is 464 g/mol. The van der Waals surface area contributed by atoms with Crippen molar-refractivity contribution in [3.05, 3.63) is 0 Å². The fraction of sp³-hybridized carbons (Fsp3) is 0.935. The van der Waals surface area contributed by atoms with E-state index in [1.54, 1.807) is 0 Å². The van der Waals surface area contributed by atoms with Crippen molar-refractivity contribution in [2.75, 3.05) is 0 Å². The van der Waals surface area contributed by atoms with Crippen molar-refractivity contribution < 1.29 is 18.8 Å². The van der Waals surface area contributed by atoms with E-state index >= 15 is 0 Å². The van der Waals surface area contributed by atoms with Gasteiger partial charge in [-0.3, -0.25) is 9.59 Å². The Labute approximate surface area is 222 Å². The lowest BCUT2D eigenvalue weighted by Gasteiger charge is -2.62. The number of fused-ring (bicyclic) bond motifs is 5. The number of Topliss-reactive ketones (excluding diaryl/α,β-unsaturated/α-hetero) is 1. The Balaban J connectivity index is 1.58. The van der Waals surface area contributed by atoms with Gasteiger partial charge >= 0.3 is 5.97 Å². The molecule has 4 aliphatic rings. The van der Waals surface area contributed by atoms with Gasteiger partial charge in [0.05, 0.1) is 10.8 Å². The summed E-state index contributed by atoms with van der Waals surface area (Å²) in [5.41, 5.74) is -0.775. The molecule has 4 rings (SSSR count). The molecule has 206 valence electrons. The molecule has 0 aliphatic heterocycles. The number of ether oxygens (including phenoxy) is 1. The van der Waals surface area contributed by atoms with Crippen LogP contribution in [0.15, 0.2) is 0 Å². The van der Waals surface area contributed by atoms with E-state index in [1.807, 2.05) is 20.8 Å². The highest BCUT2D eigenvalue weighted by atomic mass is 28.4. The maximum absolute atomic E-state index is 13.3. The van der Waals surface area contributed by atoms with E-state index in [2.05, 4.69) is 47.7 Å². The minimum absolute atomic E-state index is 0.128. The molecule has 0 unspecified atom stereocenters. The molecule has 0 spiro atoms. The molecule has 36 heavy (non-hydrogen) atoms. The summed E-state index contributed by atoms with van der Waals surface area (Å²) in [6, 6.07) is 0. The van der Waals surface area contributed by atoms with Crippen LogP contribution in [0.5, 0.6) is 0 Å². The molecule has 5 heteroatoms. The van der Waals surface area contributed by atoms with E-state index in [0.29, 0.717) is 42.0 Å². The van der Waals surface area contributed by atoms with Gasteiger partial charge in [-0.25, -0.2) is 0 Å². The topological polar surface area (TPSA) is 52.6 Å². The number of hydrogen-bond donors (Lipinski definition) is 0. The molecule has 4 aliphatic carbocycles. The number of esters is 1. The lowest BCUT2D eigenvalue weighted by Crippen LogP contribution is -2.60. The summed E-state index contributed by atoms with van der Waals surface area (Å²) in [5, 5.41) is 0.234. The Bertz CT molecular complexity index is 872. The predicted octanol–water partition coefficient (Wildman–Crippen LogP) is 7.95. The van der Waals surface area contributed by atoms with Gasteiger partial charge in [-0.15, -0.1) is 0 Å². The van der Waals surface area contributed by atoms with E-state index < -0.39 is 19.1 Å². The molecule has 0 amide bonds. The molecule has 0 N–H and O–H groups in total. The second-order valence-corrected chi connectivity index (χ2v) is 20.3. The third kappa shape index (κ3) is 4.46. The zero-order valence-electron chi connectivity index (χ0n) is 25.0. The number of rotatable bonds is 5. The molecule has 4 fully saturated rings. The van der Waals surface area contributed by atoms with E-state index in [-0.39, 0.29) is 22.5 Å². The third-order valence-corrected chi connectivity index (χ3v) is 16.9. The molecule has 0 radical (unpaired) electrons. The van der Waals surface area contributed by atoms with Crippen LogP contribution in [0.4, 0.5) is 0 Å². The average molecular weight is 519 g/mol. The molecule has 0 saturated heterocycles. The first-order chi connectivity index (χ1) is 16.5. The molecule has 0 aromatic carbocycles. The van der Waals surface area contributed by atoms with Crippen LogP contribution in [0.3, 0.4) is 0 Å². The maximum atomic E-state index is 13.3. The molecule has 4 saturated carbocycles. The standard InChI is InChI=1S/C31H54O4Si/c1-11-29(5,6)27(33)34-26-19-24-22(23-14-15-25(32)31(23,26)8)13-12-20-18-21(16-17-30(20,24)7)35-36(9,10)28(2,3)4/h20-24,26H,11-19H2,1-10H3/t20-,21-,22+,23+,24+,26+,30+,31+/m1/s1. The van der Waals surface area contributed by atoms with E-state index in [9.17, 15) is 9.59 Å². The van der Waals surface area contributed by atoms with Gasteiger partial charge in [0.25, 0.3) is 0 Å². The van der Waals surface area contributed by atoms with Gasteiger partial charge in [-0.1, -0.05) is 34.6 Å². The summed E-state index contributed by atoms with van der Waals surface area (Å²) < 4.78 is 13.3. The normalized spacial score (nSPS) is 41.3. The molecule has 0 aromatic heterocycles. The van der Waals surface area contributed by atoms with Gasteiger partial charge < -0.3 is 9.16 Å². The van der Waals surface area contributed by atoms with Gasteiger partial charge in [-0.05, 0) is 119 Å². The Morgan fingerprint density at radius 3 is 2.28 bits per heavy atom. The van der Waals surface area contributed by atoms with Crippen molar-refractivity contribution in [1.82, 2.24) is 0 Å². The monoisotopic (exact) mass is 518 g/mol. The number of hydrogen-bond acceptors (Lipinski definition) is 4. The van der Waals surface area contributed by atoms with Gasteiger partial charge in [0.15, 0.2) is 8.32 Å². The molecule has 0 bridgehead atoms. The Morgan fingerprint density at radius 1 is 1.00 bits per heavy atom. The van der Waals surface area contributed by atoms with Crippen molar-refractivity contribution in [2.45, 2.75) is 144 Å². The highest BCUT2D eigenvalue weighted by molar-refractivity contribution is 6.74. The first-order valence-electron chi connectivity index (χ1n) is 14.9. The van der Waals surface area contributed by atoms with Crippen molar-refractivity contribution in [1.29, 1.82) is 0 Å². The minimum atomic E-state index is -1.79. The molecular formula is C31H54O4Si. The summed E-state index contributed by atoms with van der Waals surface area (Å²) >= 11 is 0. The van der Waals surface area contributed by atoms with Crippen LogP contribution >= 0.6 is 0 Å². The van der Waals surface area contributed by atoms with Crippen molar-refractivity contribution in [3.63, 3.8) is 0 Å². The van der Waals surface area contributed by atoms with Crippen LogP contribution < -0.4 is 0 Å². The second-order valence-electron chi connectivity index (χ2n) is 15.5. The van der Waals surface area contributed by atoms with E-state index in [1.165, 1.54) is 25.7 Å². The Morgan fingerprint density at radius 2 is 1.67 bits per heavy atom. The summed E-state index contributed by atoms with van der Waals surface area (Å²) in [7, 11) is -1.79.